The van der Waals surface area contributed by atoms with E-state index in [0.29, 0.717) is 23.6 Å². The highest BCUT2D eigenvalue weighted by Gasteiger charge is 2.16. The number of methoxy groups -OCH3 is 1. The summed E-state index contributed by atoms with van der Waals surface area (Å²) >= 11 is 0. The van der Waals surface area contributed by atoms with Crippen LogP contribution in [0.3, 0.4) is 0 Å². The van der Waals surface area contributed by atoms with Crippen LogP contribution in [0.25, 0.3) is 5.69 Å². The number of hydrogen-bond donors (Lipinski definition) is 1. The summed E-state index contributed by atoms with van der Waals surface area (Å²) in [5.74, 6) is 0.0289. The molecule has 0 radical (unpaired) electrons. The molecular formula is C21H21N5O5. The van der Waals surface area contributed by atoms with E-state index in [1.807, 2.05) is 13.8 Å². The molecule has 4 rings (SSSR count). The fraction of sp³-hybridized carbons (Fsp3) is 0.238. The minimum Gasteiger partial charge on any atom is -0.493 e. The number of carbonyl (C=O) groups is 1. The van der Waals surface area contributed by atoms with Crippen LogP contribution in [-0.2, 0) is 17.8 Å². The molecule has 0 saturated heterocycles. The van der Waals surface area contributed by atoms with E-state index in [1.54, 1.807) is 35.1 Å². The Morgan fingerprint density at radius 3 is 2.74 bits per heavy atom. The smallest absolute Gasteiger partial charge is 0.337 e. The maximum Gasteiger partial charge on any atom is 0.337 e. The molecule has 0 atom stereocenters. The molecule has 3 heterocycles. The Balaban J connectivity index is 1.60. The summed E-state index contributed by atoms with van der Waals surface area (Å²) in [6.07, 6.45) is 4.51. The third-order valence-corrected chi connectivity index (χ3v) is 5.02. The molecule has 10 nitrogen and oxygen atoms in total. The molecule has 4 aromatic rings. The third kappa shape index (κ3) is 3.87. The first-order chi connectivity index (χ1) is 14.9. The van der Waals surface area contributed by atoms with Gasteiger partial charge in [0.2, 0.25) is 5.88 Å². The molecule has 0 amide bonds. The first-order valence-electron chi connectivity index (χ1n) is 9.50. The first-order valence-corrected chi connectivity index (χ1v) is 9.50. The number of aryl methyl sites for hydroxylation is 2. The summed E-state index contributed by atoms with van der Waals surface area (Å²) < 4.78 is 14.1. The average molecular weight is 423 g/mol. The van der Waals surface area contributed by atoms with Gasteiger partial charge in [-0.2, -0.15) is 5.10 Å². The number of ether oxygens (including phenoxy) is 1. The Hall–Kier alpha value is -4.08. The lowest BCUT2D eigenvalue weighted by molar-refractivity contribution is 0.0600. The first kappa shape index (κ1) is 20.2. The van der Waals surface area contributed by atoms with E-state index in [0.717, 1.165) is 16.8 Å². The summed E-state index contributed by atoms with van der Waals surface area (Å²) in [6.45, 7) is 4.28. The van der Waals surface area contributed by atoms with Crippen LogP contribution >= 0.6 is 0 Å². The minimum absolute atomic E-state index is 0.178. The van der Waals surface area contributed by atoms with E-state index in [1.165, 1.54) is 28.6 Å². The number of benzene rings is 1. The zero-order chi connectivity index (χ0) is 22.1. The number of rotatable bonds is 6. The summed E-state index contributed by atoms with van der Waals surface area (Å²) in [5, 5.41) is 18.6. The third-order valence-electron chi connectivity index (χ3n) is 5.02. The number of imidazole rings is 1. The fourth-order valence-corrected chi connectivity index (χ4v) is 3.39. The Bertz CT molecular complexity index is 1290. The van der Waals surface area contributed by atoms with Crippen LogP contribution in [0.2, 0.25) is 0 Å². The van der Waals surface area contributed by atoms with Crippen molar-refractivity contribution >= 4 is 5.97 Å². The van der Waals surface area contributed by atoms with Crippen LogP contribution < -0.4 is 5.69 Å². The SMILES string of the molecule is COC(=O)c1cccc(Cn2cc(O)n(-c3cnn(Cc4c(C)noc4C)c3)c2=O)c1. The fourth-order valence-electron chi connectivity index (χ4n) is 3.39. The van der Waals surface area contributed by atoms with Crippen molar-refractivity contribution in [1.82, 2.24) is 24.1 Å². The van der Waals surface area contributed by atoms with Gasteiger partial charge in [0, 0.05) is 11.8 Å². The van der Waals surface area contributed by atoms with Crippen LogP contribution in [0.1, 0.15) is 32.9 Å². The molecule has 0 aliphatic rings. The highest BCUT2D eigenvalue weighted by Crippen LogP contribution is 2.18. The van der Waals surface area contributed by atoms with Crippen LogP contribution in [-0.4, -0.2) is 42.3 Å². The van der Waals surface area contributed by atoms with Gasteiger partial charge in [0.1, 0.15) is 5.76 Å². The minimum atomic E-state index is -0.458. The van der Waals surface area contributed by atoms with Gasteiger partial charge in [0.25, 0.3) is 0 Å². The molecule has 0 bridgehead atoms. The van der Waals surface area contributed by atoms with Crippen molar-refractivity contribution in [2.24, 2.45) is 0 Å². The Labute approximate surface area is 176 Å². The van der Waals surface area contributed by atoms with Gasteiger partial charge in [-0.25, -0.2) is 14.2 Å². The molecule has 10 heteroatoms. The quantitative estimate of drug-likeness (QED) is 0.472. The molecule has 0 saturated carbocycles. The molecule has 1 aromatic carbocycles. The zero-order valence-corrected chi connectivity index (χ0v) is 17.3. The second kappa shape index (κ2) is 7.98. The summed E-state index contributed by atoms with van der Waals surface area (Å²) in [7, 11) is 1.31. The van der Waals surface area contributed by atoms with E-state index in [-0.39, 0.29) is 12.4 Å². The monoisotopic (exact) mass is 423 g/mol. The Kier molecular flexibility index (Phi) is 5.20. The maximum atomic E-state index is 12.9. The predicted molar refractivity (Wildman–Crippen MR) is 109 cm³/mol. The number of nitrogens with zero attached hydrogens (tertiary/aromatic N) is 5. The normalized spacial score (nSPS) is 11.1. The molecule has 1 N–H and O–H groups in total. The molecular weight excluding hydrogens is 402 g/mol. The molecule has 31 heavy (non-hydrogen) atoms. The lowest BCUT2D eigenvalue weighted by atomic mass is 10.1. The highest BCUT2D eigenvalue weighted by atomic mass is 16.5. The molecule has 0 aliphatic heterocycles. The van der Waals surface area contributed by atoms with Crippen LogP contribution in [0.15, 0.2) is 52.2 Å². The topological polar surface area (TPSA) is 117 Å². The van der Waals surface area contributed by atoms with Crippen molar-refractivity contribution in [3.63, 3.8) is 0 Å². The highest BCUT2D eigenvalue weighted by molar-refractivity contribution is 5.89. The van der Waals surface area contributed by atoms with E-state index in [9.17, 15) is 14.7 Å². The standard InChI is InChI=1S/C21H21N5O5/c1-13-18(14(2)31-23-13)11-25-10-17(8-22-25)26-19(27)12-24(21(26)29)9-15-5-4-6-16(7-15)20(28)30-3/h4-8,10,12,27H,9,11H2,1-3H3. The van der Waals surface area contributed by atoms with Gasteiger partial charge in [-0.15, -0.1) is 0 Å². The second-order valence-corrected chi connectivity index (χ2v) is 7.12. The maximum absolute atomic E-state index is 12.9. The average Bonchev–Trinajstić information content (AvgIpc) is 3.42. The van der Waals surface area contributed by atoms with Gasteiger partial charge in [0.15, 0.2) is 0 Å². The molecule has 0 spiro atoms. The molecule has 3 aromatic heterocycles. The van der Waals surface area contributed by atoms with Crippen molar-refractivity contribution < 1.29 is 19.2 Å². The van der Waals surface area contributed by atoms with Gasteiger partial charge < -0.3 is 14.4 Å². The summed E-state index contributed by atoms with van der Waals surface area (Å²) in [5.41, 5.74) is 2.78. The lowest BCUT2D eigenvalue weighted by Gasteiger charge is -2.04. The Morgan fingerprint density at radius 1 is 1.23 bits per heavy atom. The van der Waals surface area contributed by atoms with Gasteiger partial charge in [-0.3, -0.25) is 9.25 Å². The number of aromatic hydroxyl groups is 1. The van der Waals surface area contributed by atoms with Gasteiger partial charge in [0.05, 0.1) is 49.5 Å². The Morgan fingerprint density at radius 2 is 2.03 bits per heavy atom. The zero-order valence-electron chi connectivity index (χ0n) is 17.3. The van der Waals surface area contributed by atoms with Crippen molar-refractivity contribution in [3.05, 3.63) is 81.5 Å². The van der Waals surface area contributed by atoms with Crippen molar-refractivity contribution in [3.8, 4) is 11.6 Å². The van der Waals surface area contributed by atoms with Gasteiger partial charge in [-0.05, 0) is 31.5 Å². The van der Waals surface area contributed by atoms with Crippen molar-refractivity contribution in [2.75, 3.05) is 7.11 Å². The lowest BCUT2D eigenvalue weighted by Crippen LogP contribution is -2.23. The second-order valence-electron chi connectivity index (χ2n) is 7.12. The summed E-state index contributed by atoms with van der Waals surface area (Å²) in [4.78, 5) is 24.6. The van der Waals surface area contributed by atoms with Crippen LogP contribution in [0, 0.1) is 13.8 Å². The van der Waals surface area contributed by atoms with Crippen LogP contribution in [0.4, 0.5) is 0 Å². The predicted octanol–water partition coefficient (Wildman–Crippen LogP) is 2.03. The van der Waals surface area contributed by atoms with E-state index in [2.05, 4.69) is 10.3 Å². The molecule has 160 valence electrons. The van der Waals surface area contributed by atoms with Crippen molar-refractivity contribution in [2.45, 2.75) is 26.9 Å². The van der Waals surface area contributed by atoms with Crippen LogP contribution in [0.5, 0.6) is 5.88 Å². The van der Waals surface area contributed by atoms with Gasteiger partial charge in [-0.1, -0.05) is 17.3 Å². The molecule has 0 unspecified atom stereocenters. The largest absolute Gasteiger partial charge is 0.493 e. The molecule has 0 aliphatic carbocycles. The number of hydrogen-bond acceptors (Lipinski definition) is 7. The van der Waals surface area contributed by atoms with E-state index >= 15 is 0 Å². The summed E-state index contributed by atoms with van der Waals surface area (Å²) in [6, 6.07) is 6.78. The van der Waals surface area contributed by atoms with E-state index < -0.39 is 11.7 Å². The van der Waals surface area contributed by atoms with Gasteiger partial charge >= 0.3 is 11.7 Å². The number of esters is 1. The number of carbonyl (C=O) groups excluding carboxylic acids is 1. The number of aromatic nitrogens is 5. The van der Waals surface area contributed by atoms with E-state index in [4.69, 9.17) is 9.26 Å². The molecule has 0 fully saturated rings. The van der Waals surface area contributed by atoms with Crippen molar-refractivity contribution in [1.29, 1.82) is 0 Å².